The first-order valence-electron chi connectivity index (χ1n) is 10.1. The Balaban J connectivity index is 1.50. The van der Waals surface area contributed by atoms with Gasteiger partial charge in [-0.25, -0.2) is 0 Å². The van der Waals surface area contributed by atoms with Gasteiger partial charge in [0.25, 0.3) is 11.8 Å². The predicted octanol–water partition coefficient (Wildman–Crippen LogP) is 5.53. The molecule has 2 amide bonds. The van der Waals surface area contributed by atoms with Crippen LogP contribution in [0.3, 0.4) is 0 Å². The van der Waals surface area contributed by atoms with Crippen LogP contribution >= 0.6 is 11.3 Å². The van der Waals surface area contributed by atoms with E-state index in [1.807, 2.05) is 66.0 Å². The van der Waals surface area contributed by atoms with Crippen molar-refractivity contribution in [1.82, 2.24) is 5.32 Å². The van der Waals surface area contributed by atoms with Gasteiger partial charge in [-0.15, -0.1) is 11.3 Å². The fourth-order valence-electron chi connectivity index (χ4n) is 3.32. The van der Waals surface area contributed by atoms with E-state index in [-0.39, 0.29) is 17.9 Å². The molecule has 1 aromatic heterocycles. The molecular weight excluding hydrogens is 420 g/mol. The molecule has 1 atom stereocenters. The molecule has 0 fully saturated rings. The first-order valence-corrected chi connectivity index (χ1v) is 11.0. The maximum Gasteiger partial charge on any atom is 0.265 e. The molecule has 4 rings (SSSR count). The van der Waals surface area contributed by atoms with E-state index in [0.29, 0.717) is 16.1 Å². The number of rotatable bonds is 7. The molecule has 0 radical (unpaired) electrons. The highest BCUT2D eigenvalue weighted by Crippen LogP contribution is 2.25. The number of carbonyl (C=O) groups excluding carboxylic acids is 2. The molecule has 5 nitrogen and oxygen atoms in total. The van der Waals surface area contributed by atoms with Crippen LogP contribution < -0.4 is 15.4 Å². The molecule has 32 heavy (non-hydrogen) atoms. The van der Waals surface area contributed by atoms with E-state index in [1.165, 1.54) is 11.3 Å². The zero-order valence-electron chi connectivity index (χ0n) is 17.4. The largest absolute Gasteiger partial charge is 0.497 e. The highest BCUT2D eigenvalue weighted by atomic mass is 32.1. The van der Waals surface area contributed by atoms with Crippen molar-refractivity contribution in [1.29, 1.82) is 0 Å². The Hall–Kier alpha value is -3.90. The molecular formula is C26H22N2O3S. The number of ether oxygens (including phenoxy) is 1. The average molecular weight is 443 g/mol. The fourth-order valence-corrected chi connectivity index (χ4v) is 3.94. The molecule has 0 spiro atoms. The van der Waals surface area contributed by atoms with Crippen molar-refractivity contribution < 1.29 is 14.3 Å². The van der Waals surface area contributed by atoms with Gasteiger partial charge in [0.2, 0.25) is 0 Å². The van der Waals surface area contributed by atoms with Crippen molar-refractivity contribution in [3.05, 3.63) is 118 Å². The zero-order valence-corrected chi connectivity index (χ0v) is 18.3. The number of benzene rings is 3. The monoisotopic (exact) mass is 442 g/mol. The van der Waals surface area contributed by atoms with E-state index in [9.17, 15) is 9.59 Å². The average Bonchev–Trinajstić information content (AvgIpc) is 3.39. The lowest BCUT2D eigenvalue weighted by molar-refractivity contribution is 0.0942. The van der Waals surface area contributed by atoms with Crippen molar-refractivity contribution in [2.75, 3.05) is 12.4 Å². The third-order valence-electron chi connectivity index (χ3n) is 5.01. The highest BCUT2D eigenvalue weighted by Gasteiger charge is 2.18. The van der Waals surface area contributed by atoms with Gasteiger partial charge >= 0.3 is 0 Å². The second-order valence-corrected chi connectivity index (χ2v) is 8.05. The lowest BCUT2D eigenvalue weighted by atomic mass is 9.98. The van der Waals surface area contributed by atoms with Gasteiger partial charge in [0.15, 0.2) is 0 Å². The maximum absolute atomic E-state index is 13.0. The van der Waals surface area contributed by atoms with Gasteiger partial charge in [0.1, 0.15) is 5.75 Å². The van der Waals surface area contributed by atoms with Gasteiger partial charge in [0.05, 0.1) is 18.0 Å². The quantitative estimate of drug-likeness (QED) is 0.396. The summed E-state index contributed by atoms with van der Waals surface area (Å²) in [4.78, 5) is 25.9. The highest BCUT2D eigenvalue weighted by molar-refractivity contribution is 7.12. The number of anilines is 1. The molecule has 0 aliphatic carbocycles. The second-order valence-electron chi connectivity index (χ2n) is 7.10. The van der Waals surface area contributed by atoms with Crippen molar-refractivity contribution >= 4 is 28.8 Å². The SMILES string of the molecule is COc1ccc(C(NC(=O)c2ccc(NC(=O)c3cccs3)cc2)c2ccccc2)cc1. The molecule has 4 aromatic rings. The van der Waals surface area contributed by atoms with E-state index >= 15 is 0 Å². The van der Waals surface area contributed by atoms with Gasteiger partial charge in [-0.1, -0.05) is 48.5 Å². The van der Waals surface area contributed by atoms with Crippen molar-refractivity contribution in [3.63, 3.8) is 0 Å². The van der Waals surface area contributed by atoms with Crippen LogP contribution in [0, 0.1) is 0 Å². The zero-order chi connectivity index (χ0) is 22.3. The minimum atomic E-state index is -0.312. The fraction of sp³-hybridized carbons (Fsp3) is 0.0769. The molecule has 6 heteroatoms. The van der Waals surface area contributed by atoms with E-state index in [0.717, 1.165) is 16.9 Å². The summed E-state index contributed by atoms with van der Waals surface area (Å²) >= 11 is 1.38. The smallest absolute Gasteiger partial charge is 0.265 e. The summed E-state index contributed by atoms with van der Waals surface area (Å²) in [6, 6.07) is 27.6. The van der Waals surface area contributed by atoms with Crippen LogP contribution in [-0.2, 0) is 0 Å². The Bertz CT molecular complexity index is 1170. The van der Waals surface area contributed by atoms with Gasteiger partial charge in [-0.05, 0) is 59.0 Å². The third-order valence-corrected chi connectivity index (χ3v) is 5.88. The molecule has 0 aliphatic heterocycles. The molecule has 160 valence electrons. The minimum absolute atomic E-state index is 0.166. The Morgan fingerprint density at radius 1 is 0.781 bits per heavy atom. The second kappa shape index (κ2) is 9.94. The van der Waals surface area contributed by atoms with Crippen LogP contribution in [-0.4, -0.2) is 18.9 Å². The molecule has 0 bridgehead atoms. The van der Waals surface area contributed by atoms with Crippen molar-refractivity contribution in [2.24, 2.45) is 0 Å². The molecule has 0 saturated carbocycles. The number of nitrogens with one attached hydrogen (secondary N) is 2. The third kappa shape index (κ3) is 5.04. The van der Waals surface area contributed by atoms with Crippen molar-refractivity contribution in [3.8, 4) is 5.75 Å². The van der Waals surface area contributed by atoms with Crippen molar-refractivity contribution in [2.45, 2.75) is 6.04 Å². The topological polar surface area (TPSA) is 67.4 Å². The van der Waals surface area contributed by atoms with Gasteiger partial charge < -0.3 is 15.4 Å². The summed E-state index contributed by atoms with van der Waals surface area (Å²) in [6.07, 6.45) is 0. The Kier molecular flexibility index (Phi) is 6.63. The first-order chi connectivity index (χ1) is 15.6. The predicted molar refractivity (Wildman–Crippen MR) is 127 cm³/mol. The number of hydrogen-bond donors (Lipinski definition) is 2. The number of methoxy groups -OCH3 is 1. The molecule has 0 aliphatic rings. The molecule has 2 N–H and O–H groups in total. The molecule has 3 aromatic carbocycles. The Morgan fingerprint density at radius 2 is 1.47 bits per heavy atom. The van der Waals surface area contributed by atoms with Gasteiger partial charge in [0, 0.05) is 11.3 Å². The van der Waals surface area contributed by atoms with Gasteiger partial charge in [-0.3, -0.25) is 9.59 Å². The van der Waals surface area contributed by atoms with Gasteiger partial charge in [-0.2, -0.15) is 0 Å². The molecule has 0 saturated heterocycles. The lowest BCUT2D eigenvalue weighted by Crippen LogP contribution is -2.29. The minimum Gasteiger partial charge on any atom is -0.497 e. The van der Waals surface area contributed by atoms with Crippen LogP contribution in [0.2, 0.25) is 0 Å². The number of thiophene rings is 1. The number of carbonyl (C=O) groups is 2. The maximum atomic E-state index is 13.0. The van der Waals surface area contributed by atoms with Crippen LogP contribution in [0.5, 0.6) is 5.75 Å². The molecule has 1 heterocycles. The molecule has 1 unspecified atom stereocenters. The summed E-state index contributed by atoms with van der Waals surface area (Å²) in [7, 11) is 1.62. The van der Waals surface area contributed by atoms with E-state index in [1.54, 1.807) is 37.4 Å². The summed E-state index contributed by atoms with van der Waals surface area (Å²) in [5.74, 6) is 0.388. The lowest BCUT2D eigenvalue weighted by Gasteiger charge is -2.20. The van der Waals surface area contributed by atoms with Crippen LogP contribution in [0.1, 0.15) is 37.2 Å². The Labute approximate surface area is 190 Å². The van der Waals surface area contributed by atoms with Crippen LogP contribution in [0.15, 0.2) is 96.4 Å². The van der Waals surface area contributed by atoms with Crippen LogP contribution in [0.25, 0.3) is 0 Å². The summed E-state index contributed by atoms with van der Waals surface area (Å²) in [5.41, 5.74) is 3.07. The van der Waals surface area contributed by atoms with E-state index in [4.69, 9.17) is 4.74 Å². The summed E-state index contributed by atoms with van der Waals surface area (Å²) < 4.78 is 5.25. The number of hydrogen-bond acceptors (Lipinski definition) is 4. The number of amides is 2. The summed E-state index contributed by atoms with van der Waals surface area (Å²) in [6.45, 7) is 0. The normalized spacial score (nSPS) is 11.4. The van der Waals surface area contributed by atoms with E-state index in [2.05, 4.69) is 10.6 Å². The Morgan fingerprint density at radius 3 is 2.09 bits per heavy atom. The standard InChI is InChI=1S/C26H22N2O3S/c1-31-22-15-11-19(12-16-22)24(18-6-3-2-4-7-18)28-25(29)20-9-13-21(14-10-20)27-26(30)23-8-5-17-32-23/h2-17,24H,1H3,(H,27,30)(H,28,29). The summed E-state index contributed by atoms with van der Waals surface area (Å²) in [5, 5.41) is 7.82. The van der Waals surface area contributed by atoms with E-state index < -0.39 is 0 Å². The first kappa shape index (κ1) is 21.3. The van der Waals surface area contributed by atoms with Crippen LogP contribution in [0.4, 0.5) is 5.69 Å².